The molecule has 0 aromatic heterocycles. The van der Waals surface area contributed by atoms with E-state index in [-0.39, 0.29) is 0 Å². The number of halogens is 3. The molecule has 0 heterocycles. The first-order chi connectivity index (χ1) is 6.74. The predicted molar refractivity (Wildman–Crippen MR) is 68.0 cm³/mol. The minimum atomic E-state index is 0.719. The lowest BCUT2D eigenvalue weighted by atomic mass is 10.2. The molecule has 0 amide bonds. The first-order valence-electron chi connectivity index (χ1n) is 4.31. The molecule has 4 heteroatoms. The van der Waals surface area contributed by atoms with Crippen LogP contribution < -0.4 is 0 Å². The van der Waals surface area contributed by atoms with Gasteiger partial charge in [-0.15, -0.1) is 11.6 Å². The highest BCUT2D eigenvalue weighted by atomic mass is 35.5. The molecule has 0 atom stereocenters. The van der Waals surface area contributed by atoms with Gasteiger partial charge in [0.2, 0.25) is 0 Å². The van der Waals surface area contributed by atoms with Crippen molar-refractivity contribution < 1.29 is 0 Å². The fourth-order valence-corrected chi connectivity index (χ4v) is 2.69. The Balaban J connectivity index is 2.45. The average molecular weight is 270 g/mol. The zero-order valence-corrected chi connectivity index (χ0v) is 10.7. The third-order valence-electron chi connectivity index (χ3n) is 1.69. The maximum absolute atomic E-state index is 6.01. The molecule has 0 saturated carbocycles. The van der Waals surface area contributed by atoms with Gasteiger partial charge in [-0.05, 0) is 35.9 Å². The van der Waals surface area contributed by atoms with Crippen molar-refractivity contribution in [3.05, 3.63) is 33.8 Å². The molecule has 0 radical (unpaired) electrons. The maximum atomic E-state index is 6.01. The molecule has 0 N–H and O–H groups in total. The van der Waals surface area contributed by atoms with Gasteiger partial charge in [-0.3, -0.25) is 0 Å². The number of hydrogen-bond acceptors (Lipinski definition) is 1. The first kappa shape index (κ1) is 12.5. The first-order valence-corrected chi connectivity index (χ1v) is 6.76. The highest BCUT2D eigenvalue weighted by Crippen LogP contribution is 2.24. The highest BCUT2D eigenvalue weighted by Gasteiger charge is 2.01. The summed E-state index contributed by atoms with van der Waals surface area (Å²) < 4.78 is 0. The van der Waals surface area contributed by atoms with Crippen LogP contribution >= 0.6 is 46.6 Å². The molecule has 0 aliphatic rings. The molecule has 0 fully saturated rings. The number of benzene rings is 1. The number of thioether (sulfide) groups is 1. The minimum Gasteiger partial charge on any atom is -0.157 e. The van der Waals surface area contributed by atoms with Crippen LogP contribution in [0.5, 0.6) is 0 Å². The third kappa shape index (κ3) is 4.31. The summed E-state index contributed by atoms with van der Waals surface area (Å²) in [6.45, 7) is 0. The van der Waals surface area contributed by atoms with Gasteiger partial charge in [0.25, 0.3) is 0 Å². The summed E-state index contributed by atoms with van der Waals surface area (Å²) >= 11 is 19.3. The Morgan fingerprint density at radius 2 is 2.00 bits per heavy atom. The van der Waals surface area contributed by atoms with Crippen LogP contribution in [0.2, 0.25) is 10.0 Å². The van der Waals surface area contributed by atoms with Crippen molar-refractivity contribution in [3.63, 3.8) is 0 Å². The van der Waals surface area contributed by atoms with Crippen molar-refractivity contribution in [2.75, 3.05) is 11.6 Å². The second-order valence-corrected chi connectivity index (χ2v) is 5.16. The van der Waals surface area contributed by atoms with Crippen LogP contribution in [0.4, 0.5) is 0 Å². The van der Waals surface area contributed by atoms with Crippen LogP contribution in [0.3, 0.4) is 0 Å². The molecule has 78 valence electrons. The van der Waals surface area contributed by atoms with E-state index in [0.29, 0.717) is 0 Å². The Morgan fingerprint density at radius 3 is 2.71 bits per heavy atom. The van der Waals surface area contributed by atoms with Gasteiger partial charge in [-0.25, -0.2) is 0 Å². The molecule has 1 aromatic carbocycles. The number of alkyl halides is 1. The van der Waals surface area contributed by atoms with Crippen LogP contribution in [0.25, 0.3) is 0 Å². The van der Waals surface area contributed by atoms with Crippen LogP contribution in [0, 0.1) is 0 Å². The van der Waals surface area contributed by atoms with Crippen molar-refractivity contribution >= 4 is 46.6 Å². The van der Waals surface area contributed by atoms with Gasteiger partial charge < -0.3 is 0 Å². The molecular formula is C10H11Cl3S. The van der Waals surface area contributed by atoms with E-state index in [1.165, 1.54) is 0 Å². The normalized spacial score (nSPS) is 10.5. The lowest BCUT2D eigenvalue weighted by Gasteiger charge is -2.04. The summed E-state index contributed by atoms with van der Waals surface area (Å²) in [5.41, 5.74) is 1.10. The molecule has 1 aromatic rings. The summed E-state index contributed by atoms with van der Waals surface area (Å²) in [6, 6.07) is 5.55. The molecule has 0 saturated heterocycles. The van der Waals surface area contributed by atoms with E-state index in [1.807, 2.05) is 23.9 Å². The topological polar surface area (TPSA) is 0 Å². The van der Waals surface area contributed by atoms with Gasteiger partial charge in [0.15, 0.2) is 0 Å². The van der Waals surface area contributed by atoms with Crippen molar-refractivity contribution in [1.82, 2.24) is 0 Å². The Labute approximate surface area is 104 Å². The van der Waals surface area contributed by atoms with Crippen LogP contribution in [-0.2, 0) is 5.75 Å². The quantitative estimate of drug-likeness (QED) is 0.543. The SMILES string of the molecule is ClCCCSCc1cc(Cl)ccc1Cl. The van der Waals surface area contributed by atoms with Crippen molar-refractivity contribution in [2.24, 2.45) is 0 Å². The number of rotatable bonds is 5. The summed E-state index contributed by atoms with van der Waals surface area (Å²) in [6.07, 6.45) is 1.03. The second-order valence-electron chi connectivity index (χ2n) is 2.83. The summed E-state index contributed by atoms with van der Waals surface area (Å²) in [4.78, 5) is 0. The second kappa shape index (κ2) is 6.84. The molecule has 1 rings (SSSR count). The van der Waals surface area contributed by atoms with E-state index in [9.17, 15) is 0 Å². The Kier molecular flexibility index (Phi) is 6.11. The van der Waals surface area contributed by atoms with Crippen molar-refractivity contribution in [2.45, 2.75) is 12.2 Å². The Bertz CT molecular complexity index is 289. The minimum absolute atomic E-state index is 0.719. The Morgan fingerprint density at radius 1 is 1.21 bits per heavy atom. The average Bonchev–Trinajstić information content (AvgIpc) is 2.18. The van der Waals surface area contributed by atoms with Crippen LogP contribution in [-0.4, -0.2) is 11.6 Å². The fourth-order valence-electron chi connectivity index (χ4n) is 0.993. The van der Waals surface area contributed by atoms with E-state index >= 15 is 0 Å². The summed E-state index contributed by atoms with van der Waals surface area (Å²) in [7, 11) is 0. The van der Waals surface area contributed by atoms with Gasteiger partial charge >= 0.3 is 0 Å². The molecule has 0 spiro atoms. The van der Waals surface area contributed by atoms with E-state index in [1.54, 1.807) is 6.07 Å². The Hall–Kier alpha value is 0.440. The standard InChI is InChI=1S/C10H11Cl3S/c11-4-1-5-14-7-8-6-9(12)2-3-10(8)13/h2-3,6H,1,4-5,7H2. The molecule has 0 aliphatic heterocycles. The van der Waals surface area contributed by atoms with Crippen molar-refractivity contribution in [3.8, 4) is 0 Å². The molecule has 0 bridgehead atoms. The highest BCUT2D eigenvalue weighted by molar-refractivity contribution is 7.98. The van der Waals surface area contributed by atoms with Gasteiger partial charge in [0.05, 0.1) is 0 Å². The fraction of sp³-hybridized carbons (Fsp3) is 0.400. The van der Waals surface area contributed by atoms with Crippen LogP contribution in [0.15, 0.2) is 18.2 Å². The zero-order valence-electron chi connectivity index (χ0n) is 7.60. The molecule has 14 heavy (non-hydrogen) atoms. The van der Waals surface area contributed by atoms with E-state index in [0.717, 1.165) is 39.4 Å². The smallest absolute Gasteiger partial charge is 0.0447 e. The van der Waals surface area contributed by atoms with E-state index in [2.05, 4.69) is 0 Å². The number of hydrogen-bond donors (Lipinski definition) is 0. The molecule has 0 unspecified atom stereocenters. The summed E-state index contributed by atoms with van der Waals surface area (Å²) in [5, 5.41) is 1.52. The van der Waals surface area contributed by atoms with Crippen molar-refractivity contribution in [1.29, 1.82) is 0 Å². The molecule has 0 aliphatic carbocycles. The van der Waals surface area contributed by atoms with E-state index in [4.69, 9.17) is 34.8 Å². The lowest BCUT2D eigenvalue weighted by molar-refractivity contribution is 1.11. The lowest BCUT2D eigenvalue weighted by Crippen LogP contribution is -1.86. The van der Waals surface area contributed by atoms with Crippen LogP contribution in [0.1, 0.15) is 12.0 Å². The maximum Gasteiger partial charge on any atom is 0.0447 e. The predicted octanol–water partition coefficient (Wildman–Crippen LogP) is 4.86. The van der Waals surface area contributed by atoms with Gasteiger partial charge in [0.1, 0.15) is 0 Å². The molecule has 0 nitrogen and oxygen atoms in total. The van der Waals surface area contributed by atoms with Gasteiger partial charge in [-0.1, -0.05) is 23.2 Å². The third-order valence-corrected chi connectivity index (χ3v) is 3.65. The largest absolute Gasteiger partial charge is 0.157 e. The van der Waals surface area contributed by atoms with Gasteiger partial charge in [0, 0.05) is 21.7 Å². The van der Waals surface area contributed by atoms with Gasteiger partial charge in [-0.2, -0.15) is 11.8 Å². The summed E-state index contributed by atoms with van der Waals surface area (Å²) in [5.74, 6) is 2.68. The monoisotopic (exact) mass is 268 g/mol. The molecular weight excluding hydrogens is 259 g/mol. The van der Waals surface area contributed by atoms with E-state index < -0.39 is 0 Å². The zero-order chi connectivity index (χ0) is 10.4.